The molecule has 19 heavy (non-hydrogen) atoms. The lowest BCUT2D eigenvalue weighted by Gasteiger charge is -2.36. The maximum Gasteiger partial charge on any atom is 0.227 e. The van der Waals surface area contributed by atoms with Crippen molar-refractivity contribution in [1.29, 1.82) is 0 Å². The van der Waals surface area contributed by atoms with Crippen molar-refractivity contribution < 1.29 is 4.79 Å². The first-order valence-corrected chi connectivity index (χ1v) is 7.79. The topological polar surface area (TPSA) is 35.6 Å². The number of hydrogen-bond acceptors (Lipinski definition) is 3. The predicted molar refractivity (Wildman–Crippen MR) is 78.0 cm³/mol. The van der Waals surface area contributed by atoms with Gasteiger partial charge in [-0.05, 0) is 31.3 Å². The molecule has 0 aromatic heterocycles. The number of carbonyl (C=O) groups excluding carboxylic acids is 1. The van der Waals surface area contributed by atoms with E-state index >= 15 is 0 Å². The van der Waals surface area contributed by atoms with Crippen molar-refractivity contribution >= 4 is 5.91 Å². The molecule has 1 N–H and O–H groups in total. The van der Waals surface area contributed by atoms with Crippen molar-refractivity contribution in [2.45, 2.75) is 27.2 Å². The summed E-state index contributed by atoms with van der Waals surface area (Å²) in [4.78, 5) is 17.0. The lowest BCUT2D eigenvalue weighted by atomic mass is 9.96. The van der Waals surface area contributed by atoms with Crippen molar-refractivity contribution in [3.05, 3.63) is 0 Å². The van der Waals surface area contributed by atoms with Crippen molar-refractivity contribution in [2.24, 2.45) is 17.8 Å². The van der Waals surface area contributed by atoms with E-state index in [0.717, 1.165) is 45.2 Å². The molecule has 0 radical (unpaired) electrons. The Morgan fingerprint density at radius 3 is 2.42 bits per heavy atom. The summed E-state index contributed by atoms with van der Waals surface area (Å²) in [5.41, 5.74) is 0. The molecule has 2 heterocycles. The molecule has 2 aliphatic rings. The van der Waals surface area contributed by atoms with Gasteiger partial charge >= 0.3 is 0 Å². The molecule has 0 spiro atoms. The number of hydrogen-bond donors (Lipinski definition) is 1. The predicted octanol–water partition coefficient (Wildman–Crippen LogP) is 1.03. The molecule has 2 fully saturated rings. The molecule has 2 saturated heterocycles. The number of nitrogens with zero attached hydrogens (tertiary/aromatic N) is 2. The first kappa shape index (κ1) is 14.8. The van der Waals surface area contributed by atoms with Gasteiger partial charge in [0.05, 0.1) is 5.92 Å². The van der Waals surface area contributed by atoms with Crippen LogP contribution in [-0.2, 0) is 4.79 Å². The Kier molecular flexibility index (Phi) is 5.22. The molecule has 1 amide bonds. The molecule has 0 aromatic rings. The molecular formula is C15H29N3O. The van der Waals surface area contributed by atoms with E-state index in [1.807, 2.05) is 0 Å². The number of rotatable bonds is 4. The fraction of sp³-hybridized carbons (Fsp3) is 0.933. The van der Waals surface area contributed by atoms with E-state index in [1.165, 1.54) is 13.0 Å². The molecular weight excluding hydrogens is 238 g/mol. The minimum absolute atomic E-state index is 0.210. The largest absolute Gasteiger partial charge is 0.340 e. The third kappa shape index (κ3) is 3.93. The normalized spacial score (nSPS) is 29.2. The van der Waals surface area contributed by atoms with Gasteiger partial charge in [0.15, 0.2) is 0 Å². The second-order valence-corrected chi connectivity index (χ2v) is 6.59. The summed E-state index contributed by atoms with van der Waals surface area (Å²) in [6, 6.07) is 0. The minimum atomic E-state index is 0.210. The van der Waals surface area contributed by atoms with Crippen molar-refractivity contribution in [1.82, 2.24) is 15.1 Å². The SMILES string of the molecule is CC(C)CCN1CCN(C(=O)[C@@H]2CNC[C@H]2C)CC1. The Labute approximate surface area is 117 Å². The summed E-state index contributed by atoms with van der Waals surface area (Å²) >= 11 is 0. The maximum atomic E-state index is 12.5. The fourth-order valence-corrected chi connectivity index (χ4v) is 3.01. The van der Waals surface area contributed by atoms with E-state index in [2.05, 4.69) is 35.9 Å². The molecule has 4 nitrogen and oxygen atoms in total. The molecule has 0 aliphatic carbocycles. The van der Waals surface area contributed by atoms with Gasteiger partial charge < -0.3 is 10.2 Å². The van der Waals surface area contributed by atoms with Gasteiger partial charge in [0.1, 0.15) is 0 Å². The lowest BCUT2D eigenvalue weighted by Crippen LogP contribution is -2.51. The zero-order chi connectivity index (χ0) is 13.8. The number of amides is 1. The molecule has 4 heteroatoms. The summed E-state index contributed by atoms with van der Waals surface area (Å²) in [5.74, 6) is 1.85. The van der Waals surface area contributed by atoms with Crippen molar-refractivity contribution in [3.63, 3.8) is 0 Å². The molecule has 0 bridgehead atoms. The van der Waals surface area contributed by atoms with Crippen LogP contribution in [0.1, 0.15) is 27.2 Å². The van der Waals surface area contributed by atoms with Crippen LogP contribution in [0.25, 0.3) is 0 Å². The zero-order valence-corrected chi connectivity index (χ0v) is 12.7. The Hall–Kier alpha value is -0.610. The standard InChI is InChI=1S/C15H29N3O/c1-12(2)4-5-17-6-8-18(9-7-17)15(19)14-11-16-10-13(14)3/h12-14,16H,4-11H2,1-3H3/t13-,14-/m1/s1. The first-order valence-electron chi connectivity index (χ1n) is 7.79. The minimum Gasteiger partial charge on any atom is -0.340 e. The van der Waals surface area contributed by atoms with E-state index in [4.69, 9.17) is 0 Å². The third-order valence-electron chi connectivity index (χ3n) is 4.54. The van der Waals surface area contributed by atoms with E-state index < -0.39 is 0 Å². The van der Waals surface area contributed by atoms with Gasteiger partial charge in [-0.1, -0.05) is 20.8 Å². The highest BCUT2D eigenvalue weighted by Crippen LogP contribution is 2.19. The summed E-state index contributed by atoms with van der Waals surface area (Å²) < 4.78 is 0. The van der Waals surface area contributed by atoms with Crippen LogP contribution < -0.4 is 5.32 Å². The molecule has 2 atom stereocenters. The van der Waals surface area contributed by atoms with Gasteiger partial charge in [-0.25, -0.2) is 0 Å². The Bertz CT molecular complexity index is 298. The lowest BCUT2D eigenvalue weighted by molar-refractivity contribution is -0.137. The number of piperazine rings is 1. The van der Waals surface area contributed by atoms with Gasteiger partial charge in [0, 0.05) is 32.7 Å². The molecule has 0 aromatic carbocycles. The second-order valence-electron chi connectivity index (χ2n) is 6.59. The summed E-state index contributed by atoms with van der Waals surface area (Å²) in [6.07, 6.45) is 1.26. The quantitative estimate of drug-likeness (QED) is 0.826. The van der Waals surface area contributed by atoms with Crippen LogP contribution in [0.5, 0.6) is 0 Å². The smallest absolute Gasteiger partial charge is 0.227 e. The highest BCUT2D eigenvalue weighted by atomic mass is 16.2. The average Bonchev–Trinajstić information content (AvgIpc) is 2.82. The van der Waals surface area contributed by atoms with Crippen LogP contribution in [-0.4, -0.2) is 61.5 Å². The average molecular weight is 267 g/mol. The first-order chi connectivity index (χ1) is 9.08. The monoisotopic (exact) mass is 267 g/mol. The van der Waals surface area contributed by atoms with Crippen LogP contribution in [0.15, 0.2) is 0 Å². The van der Waals surface area contributed by atoms with Gasteiger partial charge in [-0.2, -0.15) is 0 Å². The molecule has 2 aliphatic heterocycles. The van der Waals surface area contributed by atoms with Crippen LogP contribution in [0.4, 0.5) is 0 Å². The Morgan fingerprint density at radius 1 is 1.21 bits per heavy atom. The van der Waals surface area contributed by atoms with Crippen LogP contribution in [0.3, 0.4) is 0 Å². The third-order valence-corrected chi connectivity index (χ3v) is 4.54. The van der Waals surface area contributed by atoms with Gasteiger partial charge in [-0.3, -0.25) is 9.69 Å². The Morgan fingerprint density at radius 2 is 1.89 bits per heavy atom. The molecule has 110 valence electrons. The van der Waals surface area contributed by atoms with Crippen molar-refractivity contribution in [3.8, 4) is 0 Å². The fourth-order valence-electron chi connectivity index (χ4n) is 3.01. The molecule has 0 saturated carbocycles. The van der Waals surface area contributed by atoms with E-state index in [9.17, 15) is 4.79 Å². The molecule has 0 unspecified atom stereocenters. The van der Waals surface area contributed by atoms with Gasteiger partial charge in [-0.15, -0.1) is 0 Å². The highest BCUT2D eigenvalue weighted by Gasteiger charge is 2.33. The summed E-state index contributed by atoms with van der Waals surface area (Å²) in [6.45, 7) is 13.7. The van der Waals surface area contributed by atoms with Crippen LogP contribution >= 0.6 is 0 Å². The summed E-state index contributed by atoms with van der Waals surface area (Å²) in [5, 5.41) is 3.33. The number of nitrogens with one attached hydrogen (secondary N) is 1. The van der Waals surface area contributed by atoms with Crippen LogP contribution in [0.2, 0.25) is 0 Å². The zero-order valence-electron chi connectivity index (χ0n) is 12.7. The van der Waals surface area contributed by atoms with Gasteiger partial charge in [0.2, 0.25) is 5.91 Å². The molecule has 2 rings (SSSR count). The number of carbonyl (C=O) groups is 1. The summed E-state index contributed by atoms with van der Waals surface area (Å²) in [7, 11) is 0. The van der Waals surface area contributed by atoms with Crippen LogP contribution in [0, 0.1) is 17.8 Å². The van der Waals surface area contributed by atoms with E-state index in [0.29, 0.717) is 11.8 Å². The van der Waals surface area contributed by atoms with Gasteiger partial charge in [0.25, 0.3) is 0 Å². The highest BCUT2D eigenvalue weighted by molar-refractivity contribution is 5.79. The maximum absolute atomic E-state index is 12.5. The second kappa shape index (κ2) is 6.71. The van der Waals surface area contributed by atoms with Crippen molar-refractivity contribution in [2.75, 3.05) is 45.8 Å². The van der Waals surface area contributed by atoms with E-state index in [1.54, 1.807) is 0 Å². The van der Waals surface area contributed by atoms with E-state index in [-0.39, 0.29) is 5.92 Å². The Balaban J connectivity index is 1.75.